The molecule has 2 fully saturated rings. The summed E-state index contributed by atoms with van der Waals surface area (Å²) < 4.78 is 24.3. The van der Waals surface area contributed by atoms with E-state index in [9.17, 15) is 15.0 Å². The monoisotopic (exact) mass is 612 g/mol. The van der Waals surface area contributed by atoms with Crippen LogP contribution in [0.4, 0.5) is 0 Å². The number of ketones is 1. The van der Waals surface area contributed by atoms with Gasteiger partial charge in [-0.1, -0.05) is 102 Å². The van der Waals surface area contributed by atoms with E-state index in [1.165, 1.54) is 0 Å². The molecular weight excluding hydrogens is 560 g/mol. The molecule has 1 heterocycles. The van der Waals surface area contributed by atoms with Gasteiger partial charge >= 0.3 is 0 Å². The van der Waals surface area contributed by atoms with Crippen LogP contribution in [0, 0.1) is 28.6 Å². The Morgan fingerprint density at radius 3 is 2.07 bits per heavy atom. The lowest BCUT2D eigenvalue weighted by molar-refractivity contribution is -0.412. The fraction of sp³-hybridized carbons (Fsp3) is 0.629. The van der Waals surface area contributed by atoms with E-state index in [1.54, 1.807) is 14.0 Å². The van der Waals surface area contributed by atoms with Crippen molar-refractivity contribution in [1.29, 1.82) is 0 Å². The molecule has 2 N–H and O–H groups in total. The molecule has 1 saturated heterocycles. The van der Waals surface area contributed by atoms with Gasteiger partial charge in [0.2, 0.25) is 0 Å². The van der Waals surface area contributed by atoms with Gasteiger partial charge in [-0.15, -0.1) is 0 Å². The van der Waals surface area contributed by atoms with Gasteiger partial charge in [-0.3, -0.25) is 4.79 Å². The molecule has 6 atom stereocenters. The zero-order valence-electron chi connectivity index (χ0n) is 27.3. The predicted molar refractivity (Wildman–Crippen MR) is 170 cm³/mol. The highest BCUT2D eigenvalue weighted by Crippen LogP contribution is 2.64. The van der Waals surface area contributed by atoms with Gasteiger partial charge in [0.05, 0.1) is 0 Å². The van der Waals surface area contributed by atoms with Gasteiger partial charge in [0.15, 0.2) is 12.1 Å². The molecule has 2 aliphatic rings. The quantitative estimate of drug-likeness (QED) is 0.212. The Hall–Kier alpha value is -1.91. The first kappa shape index (κ1) is 34.0. The minimum atomic E-state index is -2.93. The average Bonchev–Trinajstić information content (AvgIpc) is 2.95. The van der Waals surface area contributed by atoms with Crippen molar-refractivity contribution in [3.05, 3.63) is 60.7 Å². The van der Waals surface area contributed by atoms with Crippen molar-refractivity contribution in [2.24, 2.45) is 28.6 Å². The Morgan fingerprint density at radius 2 is 1.56 bits per heavy atom. The van der Waals surface area contributed by atoms with E-state index in [2.05, 4.69) is 69.3 Å². The predicted octanol–water partition coefficient (Wildman–Crippen LogP) is 4.87. The Labute approximate surface area is 259 Å². The van der Waals surface area contributed by atoms with Gasteiger partial charge in [0.1, 0.15) is 12.6 Å². The van der Waals surface area contributed by atoms with Gasteiger partial charge in [-0.25, -0.2) is 0 Å². The molecule has 0 radical (unpaired) electrons. The van der Waals surface area contributed by atoms with Gasteiger partial charge in [0.25, 0.3) is 8.32 Å². The molecule has 2 aromatic rings. The summed E-state index contributed by atoms with van der Waals surface area (Å²) in [6.45, 7) is 15.1. The number of aliphatic hydroxyl groups is 2. The van der Waals surface area contributed by atoms with E-state index in [0.717, 1.165) is 10.4 Å². The fourth-order valence-corrected chi connectivity index (χ4v) is 12.6. The number of aliphatic hydroxyl groups excluding tert-OH is 1. The number of hydrogen-bond acceptors (Lipinski definition) is 7. The van der Waals surface area contributed by atoms with E-state index in [0.29, 0.717) is 19.4 Å². The summed E-state index contributed by atoms with van der Waals surface area (Å²) in [6, 6.07) is 20.9. The molecule has 0 amide bonds. The van der Waals surface area contributed by atoms with Crippen molar-refractivity contribution in [1.82, 2.24) is 0 Å². The molecule has 0 spiro atoms. The molecule has 238 valence electrons. The molecule has 1 aliphatic heterocycles. The van der Waals surface area contributed by atoms with Crippen LogP contribution < -0.4 is 10.4 Å². The van der Waals surface area contributed by atoms with Crippen LogP contribution in [0.25, 0.3) is 0 Å². The molecular formula is C35H52O7Si. The summed E-state index contributed by atoms with van der Waals surface area (Å²) in [5, 5.41) is 25.4. The average molecular weight is 613 g/mol. The summed E-state index contributed by atoms with van der Waals surface area (Å²) in [5.41, 5.74) is -1.66. The molecule has 43 heavy (non-hydrogen) atoms. The number of Topliss-reactive ketones (excluding diaryl/α,β-unsaturated/α-hetero) is 1. The van der Waals surface area contributed by atoms with Gasteiger partial charge < -0.3 is 28.8 Å². The maximum atomic E-state index is 13.8. The second-order valence-corrected chi connectivity index (χ2v) is 18.6. The van der Waals surface area contributed by atoms with Crippen LogP contribution in [0.5, 0.6) is 0 Å². The molecule has 4 rings (SSSR count). The SMILES string of the molecule is COCOCCC[C@@]12[C@@H](O)O[C@@](C)(O)C(C)(C)[C@@H]1CC(=O)[C@H](C)[C@@H]2CO[Si](c1ccccc1)(c1ccccc1)C(C)(C)C. The molecule has 7 nitrogen and oxygen atoms in total. The van der Waals surface area contributed by atoms with Crippen molar-refractivity contribution in [3.63, 3.8) is 0 Å². The summed E-state index contributed by atoms with van der Waals surface area (Å²) in [4.78, 5) is 13.8. The highest BCUT2D eigenvalue weighted by Gasteiger charge is 2.69. The first-order valence-electron chi connectivity index (χ1n) is 15.6. The summed E-state index contributed by atoms with van der Waals surface area (Å²) in [5.74, 6) is -2.54. The van der Waals surface area contributed by atoms with Gasteiger partial charge in [-0.05, 0) is 41.1 Å². The number of benzene rings is 2. The summed E-state index contributed by atoms with van der Waals surface area (Å²) in [7, 11) is -1.35. The van der Waals surface area contributed by atoms with E-state index in [-0.39, 0.29) is 48.4 Å². The number of methoxy groups -OCH3 is 1. The second kappa shape index (κ2) is 12.8. The summed E-state index contributed by atoms with van der Waals surface area (Å²) >= 11 is 0. The maximum Gasteiger partial charge on any atom is 0.261 e. The number of rotatable bonds is 11. The number of fused-ring (bicyclic) bond motifs is 1. The number of carbonyl (C=O) groups is 1. The van der Waals surface area contributed by atoms with Crippen LogP contribution in [-0.4, -0.2) is 63.5 Å². The van der Waals surface area contributed by atoms with Crippen LogP contribution in [0.1, 0.15) is 67.7 Å². The van der Waals surface area contributed by atoms with Crippen LogP contribution in [0.2, 0.25) is 5.04 Å². The third-order valence-corrected chi connectivity index (χ3v) is 15.7. The highest BCUT2D eigenvalue weighted by atomic mass is 28.4. The van der Waals surface area contributed by atoms with Crippen LogP contribution >= 0.6 is 0 Å². The number of carbonyl (C=O) groups excluding carboxylic acids is 1. The van der Waals surface area contributed by atoms with Crippen molar-refractivity contribution in [3.8, 4) is 0 Å². The fourth-order valence-electron chi connectivity index (χ4n) is 7.99. The maximum absolute atomic E-state index is 13.8. The normalized spacial score (nSPS) is 31.1. The highest BCUT2D eigenvalue weighted by molar-refractivity contribution is 6.99. The lowest BCUT2D eigenvalue weighted by Gasteiger charge is -2.65. The molecule has 0 bridgehead atoms. The van der Waals surface area contributed by atoms with Gasteiger partial charge in [-0.2, -0.15) is 0 Å². The number of hydrogen-bond donors (Lipinski definition) is 2. The Bertz CT molecular complexity index is 1170. The Kier molecular flexibility index (Phi) is 10.1. The molecule has 0 aromatic heterocycles. The zero-order valence-corrected chi connectivity index (χ0v) is 28.3. The Balaban J connectivity index is 1.84. The van der Waals surface area contributed by atoms with E-state index in [4.69, 9.17) is 18.6 Å². The van der Waals surface area contributed by atoms with Crippen LogP contribution in [0.3, 0.4) is 0 Å². The van der Waals surface area contributed by atoms with Crippen molar-refractivity contribution in [2.45, 2.75) is 84.8 Å². The third-order valence-electron chi connectivity index (χ3n) is 10.7. The molecule has 1 saturated carbocycles. The van der Waals surface area contributed by atoms with E-state index < -0.39 is 31.2 Å². The topological polar surface area (TPSA) is 94.5 Å². The third kappa shape index (κ3) is 5.92. The van der Waals surface area contributed by atoms with Crippen molar-refractivity contribution in [2.75, 3.05) is 27.1 Å². The summed E-state index contributed by atoms with van der Waals surface area (Å²) in [6.07, 6.45) is 0.162. The molecule has 0 unspecified atom stereocenters. The molecule has 1 aliphatic carbocycles. The van der Waals surface area contributed by atoms with Crippen molar-refractivity contribution >= 4 is 24.5 Å². The number of ether oxygens (including phenoxy) is 3. The smallest absolute Gasteiger partial charge is 0.261 e. The second-order valence-electron chi connectivity index (χ2n) is 14.3. The van der Waals surface area contributed by atoms with Crippen LogP contribution in [-0.2, 0) is 23.4 Å². The lowest BCUT2D eigenvalue weighted by Crippen LogP contribution is -2.71. The minimum absolute atomic E-state index is 0.130. The van der Waals surface area contributed by atoms with Crippen LogP contribution in [0.15, 0.2) is 60.7 Å². The largest absolute Gasteiger partial charge is 0.407 e. The zero-order chi connectivity index (χ0) is 31.7. The van der Waals surface area contributed by atoms with Gasteiger partial charge in [0, 0.05) is 49.4 Å². The van der Waals surface area contributed by atoms with E-state index >= 15 is 0 Å². The minimum Gasteiger partial charge on any atom is -0.407 e. The first-order valence-corrected chi connectivity index (χ1v) is 17.5. The molecule has 2 aromatic carbocycles. The Morgan fingerprint density at radius 1 is 1.00 bits per heavy atom. The lowest BCUT2D eigenvalue weighted by atomic mass is 9.46. The van der Waals surface area contributed by atoms with E-state index in [1.807, 2.05) is 32.9 Å². The first-order chi connectivity index (χ1) is 20.2. The van der Waals surface area contributed by atoms with Crippen molar-refractivity contribution < 1.29 is 33.6 Å². The standard InChI is InChI=1S/C35H52O7Si/c1-25-28(23-41-43(32(2,3)4,26-16-11-9-12-17-26)27-18-13-10-14-19-27)35(20-15-21-40-24-39-8)30(22-29(25)36)33(5,6)34(7,38)42-31(35)37/h9-14,16-19,25,28,30-31,37-38H,15,20-24H2,1-8H3/t25-,28+,30+,31+,34-,35+/m1/s1. The molecule has 8 heteroatoms.